The highest BCUT2D eigenvalue weighted by Gasteiger charge is 2.52. The molecule has 3 fully saturated rings. The Bertz CT molecular complexity index is 441. The van der Waals surface area contributed by atoms with Gasteiger partial charge < -0.3 is 9.47 Å². The second-order valence-corrected chi connectivity index (χ2v) is 10.6. The first-order valence-electron chi connectivity index (χ1n) is 11.4. The van der Waals surface area contributed by atoms with E-state index in [1.807, 2.05) is 0 Å². The van der Waals surface area contributed by atoms with E-state index in [2.05, 4.69) is 62.3 Å². The van der Waals surface area contributed by atoms with Gasteiger partial charge in [-0.3, -0.25) is 0 Å². The molecule has 0 aromatic heterocycles. The molecule has 0 radical (unpaired) electrons. The van der Waals surface area contributed by atoms with Crippen molar-refractivity contribution in [2.24, 2.45) is 65.1 Å². The standard InChI is InChI=1S/C24H44O2/c1-12-13(2)15(4)22(16(5)14(12)3)23-17(6)19(8)24(20(9)18(23)7)26-11-21-10-25-21/h12-24H,10-11H2,1-9H3. The zero-order valence-electron chi connectivity index (χ0n) is 18.7. The Morgan fingerprint density at radius 1 is 0.577 bits per heavy atom. The molecule has 9 atom stereocenters. The van der Waals surface area contributed by atoms with Crippen molar-refractivity contribution in [1.29, 1.82) is 0 Å². The Balaban J connectivity index is 1.80. The molecule has 2 saturated carbocycles. The molecule has 26 heavy (non-hydrogen) atoms. The van der Waals surface area contributed by atoms with E-state index < -0.39 is 0 Å². The topological polar surface area (TPSA) is 21.8 Å². The number of hydrogen-bond acceptors (Lipinski definition) is 2. The van der Waals surface area contributed by atoms with Gasteiger partial charge in [0.2, 0.25) is 0 Å². The molecular formula is C24H44O2. The van der Waals surface area contributed by atoms with Crippen LogP contribution in [0.4, 0.5) is 0 Å². The fourth-order valence-corrected chi connectivity index (χ4v) is 6.96. The van der Waals surface area contributed by atoms with Crippen LogP contribution < -0.4 is 0 Å². The third kappa shape index (κ3) is 3.50. The molecule has 152 valence electrons. The Morgan fingerprint density at radius 2 is 0.923 bits per heavy atom. The van der Waals surface area contributed by atoms with Gasteiger partial charge in [0.1, 0.15) is 6.10 Å². The van der Waals surface area contributed by atoms with Crippen molar-refractivity contribution in [2.75, 3.05) is 13.2 Å². The highest BCUT2D eigenvalue weighted by molar-refractivity contribution is 5.00. The van der Waals surface area contributed by atoms with Crippen LogP contribution in [0.25, 0.3) is 0 Å². The molecule has 2 nitrogen and oxygen atoms in total. The lowest BCUT2D eigenvalue weighted by molar-refractivity contribution is -0.139. The second-order valence-electron chi connectivity index (χ2n) is 10.6. The molecule has 0 aromatic carbocycles. The van der Waals surface area contributed by atoms with Crippen LogP contribution >= 0.6 is 0 Å². The van der Waals surface area contributed by atoms with E-state index in [0.29, 0.717) is 24.0 Å². The Hall–Kier alpha value is -0.0800. The lowest BCUT2D eigenvalue weighted by Crippen LogP contribution is -2.54. The van der Waals surface area contributed by atoms with E-state index >= 15 is 0 Å². The summed E-state index contributed by atoms with van der Waals surface area (Å²) in [5.41, 5.74) is 0. The predicted molar refractivity (Wildman–Crippen MR) is 109 cm³/mol. The molecule has 0 spiro atoms. The first kappa shape index (κ1) is 20.6. The van der Waals surface area contributed by atoms with Crippen LogP contribution in [0, 0.1) is 65.1 Å². The molecule has 1 aliphatic heterocycles. The van der Waals surface area contributed by atoms with Crippen molar-refractivity contribution in [3.8, 4) is 0 Å². The average molecular weight is 365 g/mol. The summed E-state index contributed by atoms with van der Waals surface area (Å²) in [5.74, 6) is 8.54. The van der Waals surface area contributed by atoms with Gasteiger partial charge in [-0.1, -0.05) is 62.3 Å². The maximum atomic E-state index is 6.40. The zero-order chi connectivity index (χ0) is 19.3. The molecule has 2 heteroatoms. The van der Waals surface area contributed by atoms with Crippen LogP contribution in [0.5, 0.6) is 0 Å². The summed E-state index contributed by atoms with van der Waals surface area (Å²) in [6.07, 6.45) is 0.766. The van der Waals surface area contributed by atoms with E-state index in [4.69, 9.17) is 9.47 Å². The molecule has 9 unspecified atom stereocenters. The zero-order valence-corrected chi connectivity index (χ0v) is 18.7. The quantitative estimate of drug-likeness (QED) is 0.592. The molecule has 3 rings (SSSR count). The molecular weight excluding hydrogens is 320 g/mol. The highest BCUT2D eigenvalue weighted by Crippen LogP contribution is 2.56. The van der Waals surface area contributed by atoms with Gasteiger partial charge in [0, 0.05) is 0 Å². The number of rotatable bonds is 4. The maximum absolute atomic E-state index is 6.40. The molecule has 1 saturated heterocycles. The monoisotopic (exact) mass is 364 g/mol. The molecule has 0 bridgehead atoms. The van der Waals surface area contributed by atoms with Gasteiger partial charge in [-0.2, -0.15) is 0 Å². The summed E-state index contributed by atoms with van der Waals surface area (Å²) < 4.78 is 11.8. The van der Waals surface area contributed by atoms with Gasteiger partial charge >= 0.3 is 0 Å². The molecule has 2 aliphatic carbocycles. The van der Waals surface area contributed by atoms with E-state index in [9.17, 15) is 0 Å². The van der Waals surface area contributed by atoms with Crippen molar-refractivity contribution in [3.05, 3.63) is 0 Å². The van der Waals surface area contributed by atoms with E-state index in [1.54, 1.807) is 0 Å². The maximum Gasteiger partial charge on any atom is 0.104 e. The predicted octanol–water partition coefficient (Wildman–Crippen LogP) is 5.75. The second kappa shape index (κ2) is 7.74. The number of ether oxygens (including phenoxy) is 2. The Kier molecular flexibility index (Phi) is 6.15. The smallest absolute Gasteiger partial charge is 0.104 e. The molecule has 0 aromatic rings. The summed E-state index contributed by atoms with van der Waals surface area (Å²) in [4.78, 5) is 0. The minimum Gasteiger partial charge on any atom is -0.375 e. The van der Waals surface area contributed by atoms with Crippen LogP contribution in [0.3, 0.4) is 0 Å². The van der Waals surface area contributed by atoms with Gasteiger partial charge in [-0.05, 0) is 65.1 Å². The normalized spacial score (nSPS) is 57.8. The van der Waals surface area contributed by atoms with Crippen LogP contribution in [-0.4, -0.2) is 25.4 Å². The summed E-state index contributed by atoms with van der Waals surface area (Å²) >= 11 is 0. The van der Waals surface area contributed by atoms with Gasteiger partial charge in [0.25, 0.3) is 0 Å². The fraction of sp³-hybridized carbons (Fsp3) is 1.00. The first-order chi connectivity index (χ1) is 12.2. The van der Waals surface area contributed by atoms with Crippen molar-refractivity contribution in [3.63, 3.8) is 0 Å². The Labute approximate surface area is 162 Å². The van der Waals surface area contributed by atoms with Gasteiger partial charge in [0.15, 0.2) is 0 Å². The summed E-state index contributed by atoms with van der Waals surface area (Å²) in [6, 6.07) is 0. The summed E-state index contributed by atoms with van der Waals surface area (Å²) in [7, 11) is 0. The lowest BCUT2D eigenvalue weighted by Gasteiger charge is -2.57. The molecule has 0 N–H and O–H groups in total. The van der Waals surface area contributed by atoms with Crippen LogP contribution in [0.15, 0.2) is 0 Å². The minimum absolute atomic E-state index is 0.374. The molecule has 3 aliphatic rings. The largest absolute Gasteiger partial charge is 0.375 e. The summed E-state index contributed by atoms with van der Waals surface area (Å²) in [5, 5.41) is 0. The number of hydrogen-bond donors (Lipinski definition) is 0. The molecule has 1 heterocycles. The SMILES string of the molecule is CC1C(C)C(C)C(C2C(C)C(C)C(OCC3CO3)C(C)C2C)C(C)C1C. The van der Waals surface area contributed by atoms with Crippen LogP contribution in [0.1, 0.15) is 62.3 Å². The van der Waals surface area contributed by atoms with Gasteiger partial charge in [0.05, 0.1) is 19.3 Å². The number of epoxide rings is 1. The first-order valence-corrected chi connectivity index (χ1v) is 11.4. The van der Waals surface area contributed by atoms with E-state index in [0.717, 1.165) is 66.5 Å². The van der Waals surface area contributed by atoms with E-state index in [-0.39, 0.29) is 0 Å². The average Bonchev–Trinajstić information content (AvgIpc) is 3.44. The van der Waals surface area contributed by atoms with Gasteiger partial charge in [-0.25, -0.2) is 0 Å². The van der Waals surface area contributed by atoms with Crippen LogP contribution in [0.2, 0.25) is 0 Å². The fourth-order valence-electron chi connectivity index (χ4n) is 6.96. The van der Waals surface area contributed by atoms with Crippen molar-refractivity contribution < 1.29 is 9.47 Å². The van der Waals surface area contributed by atoms with Crippen molar-refractivity contribution >= 4 is 0 Å². The summed E-state index contributed by atoms with van der Waals surface area (Å²) in [6.45, 7) is 24.3. The van der Waals surface area contributed by atoms with Crippen LogP contribution in [-0.2, 0) is 9.47 Å². The molecule has 0 amide bonds. The highest BCUT2D eigenvalue weighted by atomic mass is 16.6. The van der Waals surface area contributed by atoms with Gasteiger partial charge in [-0.15, -0.1) is 0 Å². The van der Waals surface area contributed by atoms with Crippen molar-refractivity contribution in [2.45, 2.75) is 74.5 Å². The third-order valence-electron chi connectivity index (χ3n) is 9.76. The minimum atomic E-state index is 0.374. The lowest BCUT2D eigenvalue weighted by atomic mass is 9.49. The third-order valence-corrected chi connectivity index (χ3v) is 9.76. The Morgan fingerprint density at radius 3 is 1.31 bits per heavy atom. The van der Waals surface area contributed by atoms with Crippen molar-refractivity contribution in [1.82, 2.24) is 0 Å². The van der Waals surface area contributed by atoms with E-state index in [1.165, 1.54) is 0 Å².